The molecule has 0 aromatic heterocycles. The first kappa shape index (κ1) is 15.7. The minimum absolute atomic E-state index is 0.0289. The van der Waals surface area contributed by atoms with Gasteiger partial charge in [-0.2, -0.15) is 0 Å². The zero-order valence-corrected chi connectivity index (χ0v) is 13.0. The molecule has 2 aliphatic rings. The van der Waals surface area contributed by atoms with E-state index in [1.54, 1.807) is 18.2 Å². The monoisotopic (exact) mass is 315 g/mol. The molecule has 0 radical (unpaired) electrons. The second kappa shape index (κ2) is 6.91. The molecule has 0 aliphatic carbocycles. The fourth-order valence-electron chi connectivity index (χ4n) is 3.56. The number of amides is 1. The molecule has 0 unspecified atom stereocenters. The SMILES string of the molecule is O=C(/C=C/c1cccc([N+](=O)[O-])c1)N[C@@H]1CCN2CCCC[C@H]12. The summed E-state index contributed by atoms with van der Waals surface area (Å²) in [5.74, 6) is -0.131. The van der Waals surface area contributed by atoms with E-state index in [-0.39, 0.29) is 17.6 Å². The number of nitro groups is 1. The van der Waals surface area contributed by atoms with E-state index in [1.807, 2.05) is 0 Å². The molecule has 3 rings (SSSR count). The number of non-ortho nitro benzene ring substituents is 1. The van der Waals surface area contributed by atoms with E-state index >= 15 is 0 Å². The van der Waals surface area contributed by atoms with Crippen LogP contribution in [-0.2, 0) is 4.79 Å². The molecule has 6 heteroatoms. The van der Waals surface area contributed by atoms with Crippen LogP contribution in [0.1, 0.15) is 31.2 Å². The van der Waals surface area contributed by atoms with Crippen molar-refractivity contribution >= 4 is 17.7 Å². The van der Waals surface area contributed by atoms with Crippen molar-refractivity contribution < 1.29 is 9.72 Å². The van der Waals surface area contributed by atoms with Crippen molar-refractivity contribution in [2.24, 2.45) is 0 Å². The number of carbonyl (C=O) groups excluding carboxylic acids is 1. The fourth-order valence-corrected chi connectivity index (χ4v) is 3.56. The van der Waals surface area contributed by atoms with Crippen LogP contribution in [0.2, 0.25) is 0 Å². The number of nitrogens with zero attached hydrogens (tertiary/aromatic N) is 2. The highest BCUT2D eigenvalue weighted by molar-refractivity contribution is 5.92. The van der Waals surface area contributed by atoms with Gasteiger partial charge in [0.05, 0.1) is 4.92 Å². The van der Waals surface area contributed by atoms with Crippen LogP contribution in [0.4, 0.5) is 5.69 Å². The average Bonchev–Trinajstić information content (AvgIpc) is 2.96. The summed E-state index contributed by atoms with van der Waals surface area (Å²) in [7, 11) is 0. The fraction of sp³-hybridized carbons (Fsp3) is 0.471. The summed E-state index contributed by atoms with van der Waals surface area (Å²) in [5, 5.41) is 13.8. The Morgan fingerprint density at radius 2 is 2.17 bits per heavy atom. The van der Waals surface area contributed by atoms with Crippen LogP contribution in [0.5, 0.6) is 0 Å². The normalized spacial score (nSPS) is 24.5. The molecule has 23 heavy (non-hydrogen) atoms. The Bertz CT molecular complexity index is 629. The lowest BCUT2D eigenvalue weighted by atomic mass is 9.99. The van der Waals surface area contributed by atoms with Gasteiger partial charge < -0.3 is 5.32 Å². The molecule has 2 fully saturated rings. The van der Waals surface area contributed by atoms with E-state index in [4.69, 9.17) is 0 Å². The van der Waals surface area contributed by atoms with Gasteiger partial charge in [0.2, 0.25) is 5.91 Å². The van der Waals surface area contributed by atoms with E-state index in [0.717, 1.165) is 25.9 Å². The number of rotatable bonds is 4. The van der Waals surface area contributed by atoms with E-state index in [1.165, 1.54) is 31.1 Å². The molecule has 2 atom stereocenters. The van der Waals surface area contributed by atoms with E-state index in [0.29, 0.717) is 11.6 Å². The third kappa shape index (κ3) is 3.76. The van der Waals surface area contributed by atoms with Gasteiger partial charge in [0.25, 0.3) is 5.69 Å². The molecule has 122 valence electrons. The van der Waals surface area contributed by atoms with Gasteiger partial charge in [0.1, 0.15) is 0 Å². The van der Waals surface area contributed by atoms with E-state index in [9.17, 15) is 14.9 Å². The van der Waals surface area contributed by atoms with Crippen molar-refractivity contribution in [3.63, 3.8) is 0 Å². The first-order valence-electron chi connectivity index (χ1n) is 8.10. The van der Waals surface area contributed by atoms with Gasteiger partial charge in [-0.05, 0) is 37.4 Å². The van der Waals surface area contributed by atoms with Gasteiger partial charge >= 0.3 is 0 Å². The summed E-state index contributed by atoms with van der Waals surface area (Å²) in [4.78, 5) is 24.9. The van der Waals surface area contributed by atoms with Crippen molar-refractivity contribution in [2.75, 3.05) is 13.1 Å². The predicted molar refractivity (Wildman–Crippen MR) is 87.9 cm³/mol. The Balaban J connectivity index is 1.59. The summed E-state index contributed by atoms with van der Waals surface area (Å²) in [6, 6.07) is 6.95. The quantitative estimate of drug-likeness (QED) is 0.526. The third-order valence-electron chi connectivity index (χ3n) is 4.69. The maximum atomic E-state index is 12.1. The minimum Gasteiger partial charge on any atom is -0.348 e. The molecule has 2 heterocycles. The van der Waals surface area contributed by atoms with E-state index in [2.05, 4.69) is 10.2 Å². The molecule has 6 nitrogen and oxygen atoms in total. The lowest BCUT2D eigenvalue weighted by molar-refractivity contribution is -0.384. The molecule has 0 bridgehead atoms. The summed E-state index contributed by atoms with van der Waals surface area (Å²) < 4.78 is 0. The Hall–Kier alpha value is -2.21. The molecule has 2 saturated heterocycles. The highest BCUT2D eigenvalue weighted by Gasteiger charge is 2.35. The van der Waals surface area contributed by atoms with Crippen molar-refractivity contribution in [2.45, 2.75) is 37.8 Å². The summed E-state index contributed by atoms with van der Waals surface area (Å²) in [6.07, 6.45) is 7.72. The second-order valence-corrected chi connectivity index (χ2v) is 6.19. The van der Waals surface area contributed by atoms with Crippen molar-refractivity contribution in [1.82, 2.24) is 10.2 Å². The number of hydrogen-bond acceptors (Lipinski definition) is 4. The summed E-state index contributed by atoms with van der Waals surface area (Å²) in [6.45, 7) is 2.20. The molecular weight excluding hydrogens is 294 g/mol. The number of carbonyl (C=O) groups is 1. The van der Waals surface area contributed by atoms with Crippen LogP contribution in [0.15, 0.2) is 30.3 Å². The lowest BCUT2D eigenvalue weighted by Gasteiger charge is -2.32. The summed E-state index contributed by atoms with van der Waals surface area (Å²) in [5.41, 5.74) is 0.682. The van der Waals surface area contributed by atoms with Gasteiger partial charge in [0, 0.05) is 36.8 Å². The van der Waals surface area contributed by atoms with Gasteiger partial charge in [-0.15, -0.1) is 0 Å². The Morgan fingerprint density at radius 1 is 1.30 bits per heavy atom. The maximum absolute atomic E-state index is 12.1. The van der Waals surface area contributed by atoms with Crippen LogP contribution in [0.25, 0.3) is 6.08 Å². The number of nitrogens with one attached hydrogen (secondary N) is 1. The van der Waals surface area contributed by atoms with E-state index < -0.39 is 4.92 Å². The number of hydrogen-bond donors (Lipinski definition) is 1. The zero-order chi connectivity index (χ0) is 16.2. The molecule has 2 aliphatic heterocycles. The third-order valence-corrected chi connectivity index (χ3v) is 4.69. The number of benzene rings is 1. The number of fused-ring (bicyclic) bond motifs is 1. The molecular formula is C17H21N3O3. The first-order chi connectivity index (χ1) is 11.1. The van der Waals surface area contributed by atoms with Crippen molar-refractivity contribution in [3.8, 4) is 0 Å². The maximum Gasteiger partial charge on any atom is 0.270 e. The Kier molecular flexibility index (Phi) is 4.71. The molecule has 1 amide bonds. The molecule has 0 saturated carbocycles. The average molecular weight is 315 g/mol. The second-order valence-electron chi connectivity index (χ2n) is 6.19. The van der Waals surface area contributed by atoms with Crippen molar-refractivity contribution in [3.05, 3.63) is 46.0 Å². The van der Waals surface area contributed by atoms with Gasteiger partial charge in [-0.1, -0.05) is 18.6 Å². The van der Waals surface area contributed by atoms with Crippen LogP contribution in [0.3, 0.4) is 0 Å². The summed E-state index contributed by atoms with van der Waals surface area (Å²) >= 11 is 0. The van der Waals surface area contributed by atoms with Gasteiger partial charge in [-0.3, -0.25) is 19.8 Å². The predicted octanol–water partition coefficient (Wildman–Crippen LogP) is 2.35. The van der Waals surface area contributed by atoms with Crippen LogP contribution in [-0.4, -0.2) is 40.9 Å². The molecule has 1 aromatic carbocycles. The first-order valence-corrected chi connectivity index (χ1v) is 8.10. The largest absolute Gasteiger partial charge is 0.348 e. The molecule has 1 N–H and O–H groups in total. The minimum atomic E-state index is -0.437. The standard InChI is InChI=1S/C17H21N3O3/c21-17(8-7-13-4-3-5-14(12-13)20(22)23)18-15-9-11-19-10-2-1-6-16(15)19/h3-5,7-8,12,15-16H,1-2,6,9-11H2,(H,18,21)/b8-7+/t15-,16-/m1/s1. The smallest absolute Gasteiger partial charge is 0.270 e. The number of nitro benzene ring substituents is 1. The molecule has 1 aromatic rings. The van der Waals surface area contributed by atoms with Crippen molar-refractivity contribution in [1.29, 1.82) is 0 Å². The Morgan fingerprint density at radius 3 is 3.00 bits per heavy atom. The topological polar surface area (TPSA) is 75.5 Å². The Labute approximate surface area is 135 Å². The van der Waals surface area contributed by atoms with Crippen LogP contribution in [0, 0.1) is 10.1 Å². The molecule has 0 spiro atoms. The van der Waals surface area contributed by atoms with Crippen LogP contribution >= 0.6 is 0 Å². The van der Waals surface area contributed by atoms with Crippen LogP contribution < -0.4 is 5.32 Å². The highest BCUT2D eigenvalue weighted by Crippen LogP contribution is 2.27. The van der Waals surface area contributed by atoms with Gasteiger partial charge in [0.15, 0.2) is 0 Å². The van der Waals surface area contributed by atoms with Gasteiger partial charge in [-0.25, -0.2) is 0 Å². The zero-order valence-electron chi connectivity index (χ0n) is 13.0. The lowest BCUT2D eigenvalue weighted by Crippen LogP contribution is -2.46. The highest BCUT2D eigenvalue weighted by atomic mass is 16.6. The number of piperidine rings is 1.